The van der Waals surface area contributed by atoms with Gasteiger partial charge in [0.1, 0.15) is 18.2 Å². The Morgan fingerprint density at radius 2 is 1.72 bits per heavy atom. The maximum Gasteiger partial charge on any atom is 0.234 e. The van der Waals surface area contributed by atoms with E-state index in [1.807, 2.05) is 49.5 Å². The molecular weight excluding hydrogens is 427 g/mol. The van der Waals surface area contributed by atoms with Crippen LogP contribution in [-0.4, -0.2) is 26.4 Å². The van der Waals surface area contributed by atoms with Crippen molar-refractivity contribution in [2.45, 2.75) is 11.8 Å². The van der Waals surface area contributed by atoms with Crippen molar-refractivity contribution in [3.05, 3.63) is 90.2 Å². The standard InChI is InChI=1S/C24H21FN4O2S/c1-29-23(18-7-9-19(25)10-8-18)27-28-24(29)32-16-22(30)26-20-11-13-21(14-12-20)31-15-17-5-3-2-4-6-17/h2-14H,15-16H2,1H3,(H,26,30). The molecule has 0 aliphatic heterocycles. The monoisotopic (exact) mass is 448 g/mol. The fourth-order valence-corrected chi connectivity index (χ4v) is 3.70. The Hall–Kier alpha value is -3.65. The van der Waals surface area contributed by atoms with Gasteiger partial charge in [-0.2, -0.15) is 0 Å². The second-order valence-electron chi connectivity index (χ2n) is 7.01. The summed E-state index contributed by atoms with van der Waals surface area (Å²) in [5, 5.41) is 11.8. The zero-order chi connectivity index (χ0) is 22.3. The minimum absolute atomic E-state index is 0.153. The SMILES string of the molecule is Cn1c(SCC(=O)Nc2ccc(OCc3ccccc3)cc2)nnc1-c1ccc(F)cc1. The van der Waals surface area contributed by atoms with E-state index in [9.17, 15) is 9.18 Å². The third-order valence-electron chi connectivity index (χ3n) is 4.66. The van der Waals surface area contributed by atoms with E-state index in [4.69, 9.17) is 4.74 Å². The number of ether oxygens (including phenoxy) is 1. The number of benzene rings is 3. The number of nitrogens with zero attached hydrogens (tertiary/aromatic N) is 3. The lowest BCUT2D eigenvalue weighted by atomic mass is 10.2. The van der Waals surface area contributed by atoms with Crippen molar-refractivity contribution in [3.63, 3.8) is 0 Å². The third kappa shape index (κ3) is 5.53. The number of nitrogens with one attached hydrogen (secondary N) is 1. The number of hydrogen-bond acceptors (Lipinski definition) is 5. The van der Waals surface area contributed by atoms with E-state index >= 15 is 0 Å². The topological polar surface area (TPSA) is 69.0 Å². The second-order valence-corrected chi connectivity index (χ2v) is 7.95. The van der Waals surface area contributed by atoms with Crippen molar-refractivity contribution in [2.75, 3.05) is 11.1 Å². The summed E-state index contributed by atoms with van der Waals surface area (Å²) in [5.74, 6) is 1.06. The zero-order valence-corrected chi connectivity index (χ0v) is 18.2. The fraction of sp³-hybridized carbons (Fsp3) is 0.125. The highest BCUT2D eigenvalue weighted by Gasteiger charge is 2.13. The van der Waals surface area contributed by atoms with Crippen LogP contribution < -0.4 is 10.1 Å². The summed E-state index contributed by atoms with van der Waals surface area (Å²) in [7, 11) is 1.81. The van der Waals surface area contributed by atoms with Gasteiger partial charge in [0.25, 0.3) is 0 Å². The molecule has 0 fully saturated rings. The molecule has 0 radical (unpaired) electrons. The largest absolute Gasteiger partial charge is 0.489 e. The van der Waals surface area contributed by atoms with Crippen LogP contribution in [0.15, 0.2) is 84.0 Å². The Balaban J connectivity index is 1.28. The predicted octanol–water partition coefficient (Wildman–Crippen LogP) is 4.93. The average Bonchev–Trinajstić information content (AvgIpc) is 3.18. The van der Waals surface area contributed by atoms with Crippen molar-refractivity contribution < 1.29 is 13.9 Å². The van der Waals surface area contributed by atoms with E-state index in [0.717, 1.165) is 16.9 Å². The molecule has 0 saturated heterocycles. The molecule has 0 aliphatic carbocycles. The first-order valence-electron chi connectivity index (χ1n) is 9.93. The van der Waals surface area contributed by atoms with Crippen LogP contribution in [0.3, 0.4) is 0 Å². The first kappa shape index (κ1) is 21.6. The predicted molar refractivity (Wildman–Crippen MR) is 123 cm³/mol. The van der Waals surface area contributed by atoms with Gasteiger partial charge < -0.3 is 14.6 Å². The summed E-state index contributed by atoms with van der Waals surface area (Å²) in [6, 6.07) is 23.2. The molecule has 1 amide bonds. The smallest absolute Gasteiger partial charge is 0.234 e. The molecule has 32 heavy (non-hydrogen) atoms. The number of thioether (sulfide) groups is 1. The third-order valence-corrected chi connectivity index (χ3v) is 5.68. The van der Waals surface area contributed by atoms with E-state index in [-0.39, 0.29) is 17.5 Å². The van der Waals surface area contributed by atoms with Crippen LogP contribution in [0.4, 0.5) is 10.1 Å². The van der Waals surface area contributed by atoms with E-state index in [0.29, 0.717) is 23.3 Å². The van der Waals surface area contributed by atoms with Gasteiger partial charge in [-0.3, -0.25) is 4.79 Å². The molecule has 1 aromatic heterocycles. The number of amides is 1. The highest BCUT2D eigenvalue weighted by atomic mass is 32.2. The van der Waals surface area contributed by atoms with Crippen LogP contribution in [-0.2, 0) is 18.4 Å². The van der Waals surface area contributed by atoms with Gasteiger partial charge in [0.05, 0.1) is 5.75 Å². The first-order chi connectivity index (χ1) is 15.6. The van der Waals surface area contributed by atoms with E-state index in [1.54, 1.807) is 28.8 Å². The second kappa shape index (κ2) is 10.1. The zero-order valence-electron chi connectivity index (χ0n) is 17.4. The Kier molecular flexibility index (Phi) is 6.81. The Bertz CT molecular complexity index is 1180. The molecule has 0 saturated carbocycles. The van der Waals surface area contributed by atoms with Crippen molar-refractivity contribution in [1.82, 2.24) is 14.8 Å². The van der Waals surface area contributed by atoms with Crippen LogP contribution >= 0.6 is 11.8 Å². The maximum atomic E-state index is 13.1. The van der Waals surface area contributed by atoms with Gasteiger partial charge in [0, 0.05) is 18.3 Å². The molecule has 1 heterocycles. The molecule has 0 spiro atoms. The average molecular weight is 449 g/mol. The molecule has 0 unspecified atom stereocenters. The van der Waals surface area contributed by atoms with Gasteiger partial charge in [0.15, 0.2) is 11.0 Å². The molecule has 0 atom stereocenters. The van der Waals surface area contributed by atoms with Gasteiger partial charge >= 0.3 is 0 Å². The molecule has 0 aliphatic rings. The number of hydrogen-bond donors (Lipinski definition) is 1. The highest BCUT2D eigenvalue weighted by Crippen LogP contribution is 2.23. The molecule has 8 heteroatoms. The van der Waals surface area contributed by atoms with Crippen molar-refractivity contribution in [2.24, 2.45) is 7.05 Å². The van der Waals surface area contributed by atoms with Crippen molar-refractivity contribution in [1.29, 1.82) is 0 Å². The summed E-state index contributed by atoms with van der Waals surface area (Å²) in [4.78, 5) is 12.3. The highest BCUT2D eigenvalue weighted by molar-refractivity contribution is 7.99. The van der Waals surface area contributed by atoms with Crippen LogP contribution in [0.2, 0.25) is 0 Å². The summed E-state index contributed by atoms with van der Waals surface area (Å²) in [6.07, 6.45) is 0. The minimum Gasteiger partial charge on any atom is -0.489 e. The molecule has 162 valence electrons. The Morgan fingerprint density at radius 3 is 2.44 bits per heavy atom. The molecule has 6 nitrogen and oxygen atoms in total. The van der Waals surface area contributed by atoms with Crippen LogP contribution in [0.5, 0.6) is 5.75 Å². The van der Waals surface area contributed by atoms with E-state index in [1.165, 1.54) is 23.9 Å². The van der Waals surface area contributed by atoms with Crippen LogP contribution in [0, 0.1) is 5.82 Å². The van der Waals surface area contributed by atoms with Gasteiger partial charge in [-0.1, -0.05) is 42.1 Å². The molecule has 1 N–H and O–H groups in total. The van der Waals surface area contributed by atoms with Gasteiger partial charge in [-0.15, -0.1) is 10.2 Å². The fourth-order valence-electron chi connectivity index (χ4n) is 2.99. The minimum atomic E-state index is -0.307. The van der Waals surface area contributed by atoms with Crippen molar-refractivity contribution in [3.8, 4) is 17.1 Å². The molecule has 0 bridgehead atoms. The van der Waals surface area contributed by atoms with Gasteiger partial charge in [-0.05, 0) is 54.1 Å². The molecule has 4 rings (SSSR count). The maximum absolute atomic E-state index is 13.1. The number of rotatable bonds is 8. The molecule has 4 aromatic rings. The molecular formula is C24H21FN4O2S. The van der Waals surface area contributed by atoms with Crippen molar-refractivity contribution >= 4 is 23.4 Å². The number of halogens is 1. The quantitative estimate of drug-likeness (QED) is 0.387. The number of carbonyl (C=O) groups is 1. The van der Waals surface area contributed by atoms with E-state index in [2.05, 4.69) is 15.5 Å². The lowest BCUT2D eigenvalue weighted by Crippen LogP contribution is -2.14. The van der Waals surface area contributed by atoms with Gasteiger partial charge in [-0.25, -0.2) is 4.39 Å². The Morgan fingerprint density at radius 1 is 1.00 bits per heavy atom. The van der Waals surface area contributed by atoms with Crippen LogP contribution in [0.1, 0.15) is 5.56 Å². The van der Waals surface area contributed by atoms with E-state index < -0.39 is 0 Å². The number of carbonyl (C=O) groups excluding carboxylic acids is 1. The summed E-state index contributed by atoms with van der Waals surface area (Å²) >= 11 is 1.28. The lowest BCUT2D eigenvalue weighted by Gasteiger charge is -2.08. The lowest BCUT2D eigenvalue weighted by molar-refractivity contribution is -0.113. The normalized spacial score (nSPS) is 10.7. The summed E-state index contributed by atoms with van der Waals surface area (Å²) in [5.41, 5.74) is 2.54. The summed E-state index contributed by atoms with van der Waals surface area (Å²) in [6.45, 7) is 0.487. The first-order valence-corrected chi connectivity index (χ1v) is 10.9. The Labute approximate surface area is 189 Å². The summed E-state index contributed by atoms with van der Waals surface area (Å²) < 4.78 is 20.7. The number of aromatic nitrogens is 3. The van der Waals surface area contributed by atoms with Crippen LogP contribution in [0.25, 0.3) is 11.4 Å². The number of anilines is 1. The molecule has 3 aromatic carbocycles. The van der Waals surface area contributed by atoms with Gasteiger partial charge in [0.2, 0.25) is 5.91 Å².